The van der Waals surface area contributed by atoms with Gasteiger partial charge < -0.3 is 20.9 Å². The number of amides is 1. The van der Waals surface area contributed by atoms with Gasteiger partial charge in [-0.1, -0.05) is 31.4 Å². The highest BCUT2D eigenvalue weighted by molar-refractivity contribution is 5.84. The molecule has 1 saturated carbocycles. The maximum absolute atomic E-state index is 11.8. The number of hydrogen-bond donors (Lipinski definition) is 3. The number of aryl methyl sites for hydroxylation is 1. The Morgan fingerprint density at radius 1 is 1.41 bits per heavy atom. The third-order valence-electron chi connectivity index (χ3n) is 4.29. The maximum Gasteiger partial charge on any atom is 0.237 e. The summed E-state index contributed by atoms with van der Waals surface area (Å²) in [6.07, 6.45) is 3.92. The molecule has 1 fully saturated rings. The van der Waals surface area contributed by atoms with Crippen LogP contribution in [0.1, 0.15) is 37.7 Å². The van der Waals surface area contributed by atoms with Gasteiger partial charge in [-0.2, -0.15) is 0 Å². The second kappa shape index (κ2) is 7.61. The van der Waals surface area contributed by atoms with Crippen LogP contribution < -0.4 is 15.8 Å². The molecule has 1 aromatic carbocycles. The number of nitrogens with one attached hydrogen (secondary N) is 1. The Bertz CT molecular complexity index is 498. The zero-order valence-corrected chi connectivity index (χ0v) is 13.2. The lowest BCUT2D eigenvalue weighted by Gasteiger charge is -2.36. The minimum atomic E-state index is -0.682. The molecule has 0 aliphatic heterocycles. The average Bonchev–Trinajstić information content (AvgIpc) is 2.52. The van der Waals surface area contributed by atoms with Crippen LogP contribution in [0.15, 0.2) is 24.3 Å². The van der Waals surface area contributed by atoms with Crippen molar-refractivity contribution >= 4 is 5.91 Å². The van der Waals surface area contributed by atoms with E-state index in [1.165, 1.54) is 0 Å². The van der Waals surface area contributed by atoms with E-state index < -0.39 is 11.6 Å². The zero-order valence-electron chi connectivity index (χ0n) is 13.2. The second-order valence-electron chi connectivity index (χ2n) is 6.17. The molecule has 1 unspecified atom stereocenters. The van der Waals surface area contributed by atoms with Gasteiger partial charge in [0, 0.05) is 6.54 Å². The van der Waals surface area contributed by atoms with Gasteiger partial charge in [0.1, 0.15) is 18.5 Å². The first-order valence-corrected chi connectivity index (χ1v) is 7.94. The first-order chi connectivity index (χ1) is 10.5. The minimum absolute atomic E-state index is 0.186. The van der Waals surface area contributed by atoms with Gasteiger partial charge in [-0.3, -0.25) is 4.79 Å². The summed E-state index contributed by atoms with van der Waals surface area (Å²) in [6, 6.07) is 7.69. The van der Waals surface area contributed by atoms with Crippen LogP contribution in [0.25, 0.3) is 0 Å². The molecule has 0 radical (unpaired) electrons. The summed E-state index contributed by atoms with van der Waals surface area (Å²) in [5, 5.41) is 13.2. The van der Waals surface area contributed by atoms with Crippen LogP contribution in [0.3, 0.4) is 0 Å². The summed E-state index contributed by atoms with van der Waals surface area (Å²) in [4.78, 5) is 11.8. The van der Waals surface area contributed by atoms with Crippen molar-refractivity contribution in [3.8, 4) is 5.75 Å². The maximum atomic E-state index is 11.8. The molecule has 0 bridgehead atoms. The number of primary amides is 1. The molecule has 4 N–H and O–H groups in total. The van der Waals surface area contributed by atoms with Crippen LogP contribution >= 0.6 is 0 Å². The van der Waals surface area contributed by atoms with Gasteiger partial charge in [0.2, 0.25) is 5.91 Å². The fourth-order valence-corrected chi connectivity index (χ4v) is 2.94. The number of nitrogens with two attached hydrogens (primary N) is 1. The highest BCUT2D eigenvalue weighted by Gasteiger charge is 2.37. The van der Waals surface area contributed by atoms with Crippen molar-refractivity contribution in [1.82, 2.24) is 5.32 Å². The number of ether oxygens (including phenoxy) is 1. The first-order valence-electron chi connectivity index (χ1n) is 7.94. The Balaban J connectivity index is 1.81. The topological polar surface area (TPSA) is 84.6 Å². The third kappa shape index (κ3) is 4.45. The zero-order chi connectivity index (χ0) is 16.0. The van der Waals surface area contributed by atoms with Crippen LogP contribution in [0, 0.1) is 6.92 Å². The van der Waals surface area contributed by atoms with Crippen LogP contribution in [0.2, 0.25) is 0 Å². The summed E-state index contributed by atoms with van der Waals surface area (Å²) in [6.45, 7) is 2.48. The van der Waals surface area contributed by atoms with Crippen molar-refractivity contribution in [1.29, 1.82) is 0 Å². The quantitative estimate of drug-likeness (QED) is 0.713. The van der Waals surface area contributed by atoms with E-state index in [4.69, 9.17) is 10.5 Å². The molecule has 0 spiro atoms. The van der Waals surface area contributed by atoms with E-state index in [9.17, 15) is 9.90 Å². The van der Waals surface area contributed by atoms with E-state index in [-0.39, 0.29) is 12.5 Å². The highest BCUT2D eigenvalue weighted by Crippen LogP contribution is 2.27. The Kier molecular flexibility index (Phi) is 5.80. The van der Waals surface area contributed by atoms with Crippen molar-refractivity contribution in [3.05, 3.63) is 29.8 Å². The van der Waals surface area contributed by atoms with Gasteiger partial charge >= 0.3 is 0 Å². The summed E-state index contributed by atoms with van der Waals surface area (Å²) in [5.41, 5.74) is 6.00. The van der Waals surface area contributed by atoms with E-state index >= 15 is 0 Å². The number of carbonyl (C=O) groups excluding carboxylic acids is 1. The number of rotatable bonds is 7. The van der Waals surface area contributed by atoms with Crippen LogP contribution in [0.5, 0.6) is 5.75 Å². The molecule has 0 heterocycles. The molecule has 22 heavy (non-hydrogen) atoms. The van der Waals surface area contributed by atoms with E-state index in [0.29, 0.717) is 6.54 Å². The van der Waals surface area contributed by atoms with Crippen molar-refractivity contribution in [2.24, 2.45) is 5.73 Å². The van der Waals surface area contributed by atoms with Gasteiger partial charge in [0.15, 0.2) is 0 Å². The number of aliphatic hydroxyl groups excluding tert-OH is 1. The molecule has 0 saturated heterocycles. The predicted molar refractivity (Wildman–Crippen MR) is 85.7 cm³/mol. The lowest BCUT2D eigenvalue weighted by Crippen LogP contribution is -2.58. The highest BCUT2D eigenvalue weighted by atomic mass is 16.5. The molecule has 1 aromatic rings. The predicted octanol–water partition coefficient (Wildman–Crippen LogP) is 1.51. The molecule has 122 valence electrons. The normalized spacial score (nSPS) is 18.6. The van der Waals surface area contributed by atoms with Crippen molar-refractivity contribution in [2.45, 2.75) is 50.7 Å². The molecule has 1 aliphatic carbocycles. The molecule has 0 aromatic heterocycles. The Hall–Kier alpha value is -1.59. The minimum Gasteiger partial charge on any atom is -0.491 e. The lowest BCUT2D eigenvalue weighted by molar-refractivity contribution is -0.126. The third-order valence-corrected chi connectivity index (χ3v) is 4.29. The van der Waals surface area contributed by atoms with E-state index in [2.05, 4.69) is 5.32 Å². The van der Waals surface area contributed by atoms with E-state index in [1.807, 2.05) is 31.2 Å². The van der Waals surface area contributed by atoms with E-state index in [0.717, 1.165) is 43.4 Å². The standard InChI is InChI=1S/C17H26N2O3/c1-13-6-5-7-15(10-13)22-12-14(20)11-19-17(16(18)21)8-3-2-4-9-17/h5-7,10,14,19-20H,2-4,8-9,11-12H2,1H3,(H2,18,21). The number of carbonyl (C=O) groups is 1. The SMILES string of the molecule is Cc1cccc(OCC(O)CNC2(C(N)=O)CCCCC2)c1. The molecule has 5 heteroatoms. The average molecular weight is 306 g/mol. The van der Waals surface area contributed by atoms with Crippen LogP contribution in [-0.2, 0) is 4.79 Å². The smallest absolute Gasteiger partial charge is 0.237 e. The molecule has 5 nitrogen and oxygen atoms in total. The Morgan fingerprint density at radius 2 is 2.14 bits per heavy atom. The molecule has 1 atom stereocenters. The summed E-state index contributed by atoms with van der Waals surface area (Å²) in [5.74, 6) is 0.417. The van der Waals surface area contributed by atoms with Crippen molar-refractivity contribution in [2.75, 3.05) is 13.2 Å². The number of hydrogen-bond acceptors (Lipinski definition) is 4. The molecule has 1 aliphatic rings. The fraction of sp³-hybridized carbons (Fsp3) is 0.588. The number of β-amino-alcohol motifs (C(OH)–C–C–N with tert-alkyl or cyclic N) is 1. The van der Waals surface area contributed by atoms with Gasteiger partial charge in [0.05, 0.1) is 5.54 Å². The number of benzene rings is 1. The Labute approximate surface area is 131 Å². The summed E-state index contributed by atoms with van der Waals surface area (Å²) >= 11 is 0. The van der Waals surface area contributed by atoms with E-state index in [1.54, 1.807) is 0 Å². The summed E-state index contributed by atoms with van der Waals surface area (Å²) < 4.78 is 5.58. The van der Waals surface area contributed by atoms with Crippen LogP contribution in [0.4, 0.5) is 0 Å². The molecule has 1 amide bonds. The van der Waals surface area contributed by atoms with Gasteiger partial charge in [0.25, 0.3) is 0 Å². The lowest BCUT2D eigenvalue weighted by atomic mass is 9.81. The van der Waals surface area contributed by atoms with Gasteiger partial charge in [-0.15, -0.1) is 0 Å². The molecule has 2 rings (SSSR count). The molecular formula is C17H26N2O3. The van der Waals surface area contributed by atoms with Gasteiger partial charge in [-0.05, 0) is 37.5 Å². The van der Waals surface area contributed by atoms with Crippen LogP contribution in [-0.4, -0.2) is 35.8 Å². The second-order valence-corrected chi connectivity index (χ2v) is 6.17. The number of aliphatic hydroxyl groups is 1. The van der Waals surface area contributed by atoms with Crippen molar-refractivity contribution in [3.63, 3.8) is 0 Å². The monoisotopic (exact) mass is 306 g/mol. The fourth-order valence-electron chi connectivity index (χ4n) is 2.94. The molecular weight excluding hydrogens is 280 g/mol. The van der Waals surface area contributed by atoms with Crippen molar-refractivity contribution < 1.29 is 14.6 Å². The van der Waals surface area contributed by atoms with Gasteiger partial charge in [-0.25, -0.2) is 0 Å². The largest absolute Gasteiger partial charge is 0.491 e. The Morgan fingerprint density at radius 3 is 2.77 bits per heavy atom. The summed E-state index contributed by atoms with van der Waals surface area (Å²) in [7, 11) is 0. The first kappa shape index (κ1) is 16.8.